The van der Waals surface area contributed by atoms with Gasteiger partial charge in [0.25, 0.3) is 5.91 Å². The van der Waals surface area contributed by atoms with Crippen LogP contribution in [0.25, 0.3) is 0 Å². The first-order chi connectivity index (χ1) is 10.7. The third kappa shape index (κ3) is 2.81. The van der Waals surface area contributed by atoms with Gasteiger partial charge in [0.2, 0.25) is 0 Å². The molecule has 22 heavy (non-hydrogen) atoms. The molecule has 1 heterocycles. The molecule has 2 aromatic rings. The number of nitrogens with zero attached hydrogens (tertiary/aromatic N) is 2. The Bertz CT molecular complexity index is 678. The number of hydrogen-bond donors (Lipinski definition) is 1. The summed E-state index contributed by atoms with van der Waals surface area (Å²) in [6, 6.07) is 5.95. The van der Waals surface area contributed by atoms with Crippen molar-refractivity contribution in [2.24, 2.45) is 0 Å². The Morgan fingerprint density at radius 2 is 2.14 bits per heavy atom. The van der Waals surface area contributed by atoms with Crippen molar-refractivity contribution in [3.05, 3.63) is 41.8 Å². The fraction of sp³-hybridized carbons (Fsp3) is 0.375. The normalized spacial score (nSPS) is 15.0. The number of anilines is 1. The summed E-state index contributed by atoms with van der Waals surface area (Å²) in [6.07, 6.45) is 6.14. The van der Waals surface area contributed by atoms with E-state index in [1.807, 2.05) is 4.68 Å². The lowest BCUT2D eigenvalue weighted by molar-refractivity contribution is 0.102. The molecular formula is C16H18FN3O2. The molecule has 0 saturated heterocycles. The van der Waals surface area contributed by atoms with E-state index >= 15 is 0 Å². The molecule has 1 fully saturated rings. The summed E-state index contributed by atoms with van der Waals surface area (Å²) in [5, 5.41) is 7.10. The van der Waals surface area contributed by atoms with Crippen molar-refractivity contribution >= 4 is 11.7 Å². The van der Waals surface area contributed by atoms with E-state index in [0.717, 1.165) is 12.8 Å². The van der Waals surface area contributed by atoms with Crippen LogP contribution in [0, 0.1) is 5.82 Å². The highest BCUT2D eigenvalue weighted by Crippen LogP contribution is 2.31. The molecule has 1 aromatic carbocycles. The molecule has 1 aliphatic rings. The topological polar surface area (TPSA) is 56.1 Å². The molecule has 116 valence electrons. The van der Waals surface area contributed by atoms with Gasteiger partial charge in [-0.15, -0.1) is 0 Å². The number of carbonyl (C=O) groups excluding carboxylic acids is 1. The van der Waals surface area contributed by atoms with Gasteiger partial charge >= 0.3 is 0 Å². The number of aromatic nitrogens is 2. The Hall–Kier alpha value is -2.37. The molecule has 3 rings (SSSR count). The molecule has 1 N–H and O–H groups in total. The van der Waals surface area contributed by atoms with Gasteiger partial charge in [0.15, 0.2) is 0 Å². The average Bonchev–Trinajstić information content (AvgIpc) is 3.17. The van der Waals surface area contributed by atoms with Crippen molar-refractivity contribution in [3.63, 3.8) is 0 Å². The molecule has 0 radical (unpaired) electrons. The number of rotatable bonds is 4. The van der Waals surface area contributed by atoms with E-state index in [9.17, 15) is 9.18 Å². The second kappa shape index (κ2) is 6.17. The summed E-state index contributed by atoms with van der Waals surface area (Å²) >= 11 is 0. The molecule has 0 bridgehead atoms. The van der Waals surface area contributed by atoms with E-state index < -0.39 is 11.7 Å². The van der Waals surface area contributed by atoms with Gasteiger partial charge in [-0.2, -0.15) is 5.10 Å². The minimum absolute atomic E-state index is 0.168. The molecule has 1 aliphatic carbocycles. The molecule has 0 unspecified atom stereocenters. The Balaban J connectivity index is 1.83. The van der Waals surface area contributed by atoms with Crippen molar-refractivity contribution < 1.29 is 13.9 Å². The first kappa shape index (κ1) is 14.6. The molecule has 1 saturated carbocycles. The highest BCUT2D eigenvalue weighted by atomic mass is 19.1. The molecule has 0 atom stereocenters. The van der Waals surface area contributed by atoms with Crippen LogP contribution in [-0.4, -0.2) is 22.8 Å². The van der Waals surface area contributed by atoms with E-state index in [-0.39, 0.29) is 5.56 Å². The number of nitrogens with one attached hydrogen (secondary N) is 1. The molecule has 0 spiro atoms. The Morgan fingerprint density at radius 1 is 1.36 bits per heavy atom. The lowest BCUT2D eigenvalue weighted by Crippen LogP contribution is -2.18. The fourth-order valence-corrected chi connectivity index (χ4v) is 2.89. The molecular weight excluding hydrogens is 285 g/mol. The second-order valence-electron chi connectivity index (χ2n) is 5.40. The number of methoxy groups -OCH3 is 1. The Kier molecular flexibility index (Phi) is 4.09. The highest BCUT2D eigenvalue weighted by Gasteiger charge is 2.21. The van der Waals surface area contributed by atoms with Gasteiger partial charge in [-0.3, -0.25) is 4.79 Å². The van der Waals surface area contributed by atoms with Gasteiger partial charge in [-0.1, -0.05) is 12.8 Å². The van der Waals surface area contributed by atoms with E-state index in [1.54, 1.807) is 12.3 Å². The monoisotopic (exact) mass is 303 g/mol. The number of benzene rings is 1. The van der Waals surface area contributed by atoms with Crippen LogP contribution < -0.4 is 10.1 Å². The summed E-state index contributed by atoms with van der Waals surface area (Å²) in [5.41, 5.74) is 0.168. The van der Waals surface area contributed by atoms with Gasteiger partial charge in [0.1, 0.15) is 17.4 Å². The second-order valence-corrected chi connectivity index (χ2v) is 5.40. The first-order valence-electron chi connectivity index (χ1n) is 7.37. The van der Waals surface area contributed by atoms with Gasteiger partial charge in [0, 0.05) is 6.07 Å². The van der Waals surface area contributed by atoms with Gasteiger partial charge < -0.3 is 10.1 Å². The predicted molar refractivity (Wildman–Crippen MR) is 80.6 cm³/mol. The zero-order valence-corrected chi connectivity index (χ0v) is 12.4. The summed E-state index contributed by atoms with van der Waals surface area (Å²) in [7, 11) is 1.45. The van der Waals surface area contributed by atoms with E-state index in [1.165, 1.54) is 38.2 Å². The van der Waals surface area contributed by atoms with Gasteiger partial charge in [-0.05, 0) is 31.0 Å². The number of halogens is 1. The Morgan fingerprint density at radius 3 is 2.86 bits per heavy atom. The summed E-state index contributed by atoms with van der Waals surface area (Å²) in [6.45, 7) is 0. The van der Waals surface area contributed by atoms with Crippen LogP contribution in [0.5, 0.6) is 5.75 Å². The maximum absolute atomic E-state index is 13.4. The summed E-state index contributed by atoms with van der Waals surface area (Å²) < 4.78 is 20.4. The van der Waals surface area contributed by atoms with Gasteiger partial charge in [-0.25, -0.2) is 9.07 Å². The van der Waals surface area contributed by atoms with Crippen LogP contribution in [0.2, 0.25) is 0 Å². The van der Waals surface area contributed by atoms with Crippen LogP contribution in [0.4, 0.5) is 10.2 Å². The van der Waals surface area contributed by atoms with E-state index in [4.69, 9.17) is 4.74 Å². The van der Waals surface area contributed by atoms with Crippen LogP contribution in [0.1, 0.15) is 42.1 Å². The zero-order valence-electron chi connectivity index (χ0n) is 12.4. The van der Waals surface area contributed by atoms with E-state index in [2.05, 4.69) is 10.4 Å². The SMILES string of the molecule is COc1ccc(F)cc1C(=O)Nc1ccnn1C1CCCC1. The van der Waals surface area contributed by atoms with Crippen molar-refractivity contribution in [2.75, 3.05) is 12.4 Å². The van der Waals surface area contributed by atoms with Crippen LogP contribution >= 0.6 is 0 Å². The average molecular weight is 303 g/mol. The molecule has 0 aliphatic heterocycles. The standard InChI is InChI=1S/C16H18FN3O2/c1-22-14-7-6-11(17)10-13(14)16(21)19-15-8-9-18-20(15)12-4-2-3-5-12/h6-10,12H,2-5H2,1H3,(H,19,21). The number of amides is 1. The van der Waals surface area contributed by atoms with Crippen molar-refractivity contribution in [1.82, 2.24) is 9.78 Å². The van der Waals surface area contributed by atoms with Crippen LogP contribution in [0.15, 0.2) is 30.5 Å². The number of ether oxygens (including phenoxy) is 1. The number of carbonyl (C=O) groups is 1. The third-order valence-electron chi connectivity index (χ3n) is 3.99. The number of hydrogen-bond acceptors (Lipinski definition) is 3. The van der Waals surface area contributed by atoms with Crippen molar-refractivity contribution in [2.45, 2.75) is 31.7 Å². The summed E-state index contributed by atoms with van der Waals surface area (Å²) in [5.74, 6) is 0.0837. The third-order valence-corrected chi connectivity index (χ3v) is 3.99. The first-order valence-corrected chi connectivity index (χ1v) is 7.37. The maximum atomic E-state index is 13.4. The molecule has 6 heteroatoms. The molecule has 1 aromatic heterocycles. The smallest absolute Gasteiger partial charge is 0.260 e. The van der Waals surface area contributed by atoms with Gasteiger partial charge in [0.05, 0.1) is 24.9 Å². The minimum Gasteiger partial charge on any atom is -0.496 e. The largest absolute Gasteiger partial charge is 0.496 e. The lowest BCUT2D eigenvalue weighted by atomic mass is 10.2. The predicted octanol–water partition coefficient (Wildman–Crippen LogP) is 3.40. The van der Waals surface area contributed by atoms with Crippen molar-refractivity contribution in [3.8, 4) is 5.75 Å². The van der Waals surface area contributed by atoms with Crippen molar-refractivity contribution in [1.29, 1.82) is 0 Å². The Labute approximate surface area is 128 Å². The van der Waals surface area contributed by atoms with Crippen LogP contribution in [0.3, 0.4) is 0 Å². The minimum atomic E-state index is -0.477. The maximum Gasteiger partial charge on any atom is 0.260 e. The quantitative estimate of drug-likeness (QED) is 0.942. The zero-order chi connectivity index (χ0) is 15.5. The lowest BCUT2D eigenvalue weighted by Gasteiger charge is -2.15. The molecule has 5 nitrogen and oxygen atoms in total. The van der Waals surface area contributed by atoms with E-state index in [0.29, 0.717) is 17.6 Å². The fourth-order valence-electron chi connectivity index (χ4n) is 2.89. The molecule has 1 amide bonds. The summed E-state index contributed by atoms with van der Waals surface area (Å²) in [4.78, 5) is 12.4. The van der Waals surface area contributed by atoms with Crippen LogP contribution in [-0.2, 0) is 0 Å². The highest BCUT2D eigenvalue weighted by molar-refractivity contribution is 6.05.